The van der Waals surface area contributed by atoms with E-state index < -0.39 is 16.0 Å². The minimum absolute atomic E-state index is 0.115. The maximum Gasteiger partial charge on any atom is 0.306 e. The Morgan fingerprint density at radius 2 is 1.59 bits per heavy atom. The van der Waals surface area contributed by atoms with Gasteiger partial charge in [-0.05, 0) is 49.4 Å². The monoisotopic (exact) mass is 486 g/mol. The van der Waals surface area contributed by atoms with Crippen LogP contribution in [0.5, 0.6) is 0 Å². The molecule has 1 aliphatic heterocycles. The van der Waals surface area contributed by atoms with Gasteiger partial charge in [0, 0.05) is 26.6 Å². The zero-order valence-electron chi connectivity index (χ0n) is 20.0. The number of amides is 1. The van der Waals surface area contributed by atoms with E-state index in [1.165, 1.54) is 0 Å². The summed E-state index contributed by atoms with van der Waals surface area (Å²) in [5.41, 5.74) is 1.85. The van der Waals surface area contributed by atoms with E-state index in [1.807, 2.05) is 37.3 Å². The zero-order chi connectivity index (χ0) is 24.6. The normalized spacial score (nSPS) is 15.8. The smallest absolute Gasteiger partial charge is 0.306 e. The molecular weight excluding hydrogens is 452 g/mol. The third kappa shape index (κ3) is 6.90. The lowest BCUT2D eigenvalue weighted by Crippen LogP contribution is -2.33. The first-order chi connectivity index (χ1) is 16.3. The van der Waals surface area contributed by atoms with Crippen molar-refractivity contribution in [2.24, 2.45) is 0 Å². The van der Waals surface area contributed by atoms with Crippen molar-refractivity contribution < 1.29 is 22.7 Å². The van der Waals surface area contributed by atoms with Gasteiger partial charge in [-0.2, -0.15) is 4.31 Å². The summed E-state index contributed by atoms with van der Waals surface area (Å²) in [5, 5.41) is 0. The molecule has 1 unspecified atom stereocenters. The number of esters is 1. The molecule has 34 heavy (non-hydrogen) atoms. The zero-order valence-corrected chi connectivity index (χ0v) is 20.8. The van der Waals surface area contributed by atoms with Crippen molar-refractivity contribution in [3.05, 3.63) is 65.7 Å². The fraction of sp³-hybridized carbons (Fsp3) is 0.462. The molecule has 1 aliphatic rings. The molecule has 1 heterocycles. The standard InChI is InChI=1S/C26H34N2O5S/c1-21(23-10-6-5-7-11-23)27(2)25(29)20-33-26(30)17-14-22-12-15-24(16-13-22)34(31,32)28-18-8-3-4-9-19-28/h5-7,10-13,15-16,21H,3-4,8-9,14,17-20H2,1-2H3. The number of hydrogen-bond acceptors (Lipinski definition) is 5. The van der Waals surface area contributed by atoms with Gasteiger partial charge >= 0.3 is 5.97 Å². The Bertz CT molecular complexity index is 1050. The Morgan fingerprint density at radius 1 is 0.971 bits per heavy atom. The highest BCUT2D eigenvalue weighted by Crippen LogP contribution is 2.21. The van der Waals surface area contributed by atoms with Crippen LogP contribution in [0.25, 0.3) is 0 Å². The predicted molar refractivity (Wildman–Crippen MR) is 131 cm³/mol. The number of carbonyl (C=O) groups is 2. The second-order valence-electron chi connectivity index (χ2n) is 8.71. The van der Waals surface area contributed by atoms with Crippen molar-refractivity contribution in [3.63, 3.8) is 0 Å². The molecule has 0 aromatic heterocycles. The lowest BCUT2D eigenvalue weighted by molar-refractivity contribution is -0.152. The Labute approximate surface area is 202 Å². The van der Waals surface area contributed by atoms with E-state index in [-0.39, 0.29) is 29.9 Å². The van der Waals surface area contributed by atoms with E-state index in [1.54, 1.807) is 40.5 Å². The van der Waals surface area contributed by atoms with Gasteiger partial charge in [0.2, 0.25) is 10.0 Å². The van der Waals surface area contributed by atoms with E-state index in [0.29, 0.717) is 19.5 Å². The lowest BCUT2D eigenvalue weighted by atomic mass is 10.1. The molecule has 3 rings (SSSR count). The molecule has 1 saturated heterocycles. The number of sulfonamides is 1. The number of carbonyl (C=O) groups excluding carboxylic acids is 2. The van der Waals surface area contributed by atoms with Crippen LogP contribution in [0.2, 0.25) is 0 Å². The molecule has 0 saturated carbocycles. The molecule has 184 valence electrons. The van der Waals surface area contributed by atoms with E-state index in [4.69, 9.17) is 4.74 Å². The Balaban J connectivity index is 1.46. The average molecular weight is 487 g/mol. The number of likely N-dealkylation sites (N-methyl/N-ethyl adjacent to an activating group) is 1. The number of aryl methyl sites for hydroxylation is 1. The molecule has 7 nitrogen and oxygen atoms in total. The second kappa shape index (κ2) is 12.1. The summed E-state index contributed by atoms with van der Waals surface area (Å²) >= 11 is 0. The number of hydrogen-bond donors (Lipinski definition) is 0. The molecule has 2 aromatic carbocycles. The number of nitrogens with zero attached hydrogens (tertiary/aromatic N) is 2. The van der Waals surface area contributed by atoms with Crippen LogP contribution in [-0.2, 0) is 30.8 Å². The predicted octanol–water partition coefficient (Wildman–Crippen LogP) is 3.95. The molecule has 0 N–H and O–H groups in total. The molecule has 1 fully saturated rings. The van der Waals surface area contributed by atoms with Gasteiger partial charge in [0.1, 0.15) is 0 Å². The molecule has 8 heteroatoms. The molecule has 0 radical (unpaired) electrons. The molecule has 2 aromatic rings. The minimum Gasteiger partial charge on any atom is -0.456 e. The van der Waals surface area contributed by atoms with Crippen LogP contribution in [0, 0.1) is 0 Å². The average Bonchev–Trinajstić information content (AvgIpc) is 3.16. The van der Waals surface area contributed by atoms with Crippen molar-refractivity contribution in [1.29, 1.82) is 0 Å². The highest BCUT2D eigenvalue weighted by atomic mass is 32.2. The second-order valence-corrected chi connectivity index (χ2v) is 10.7. The van der Waals surface area contributed by atoms with Gasteiger partial charge in [-0.3, -0.25) is 9.59 Å². The van der Waals surface area contributed by atoms with Crippen LogP contribution >= 0.6 is 0 Å². The topological polar surface area (TPSA) is 84.0 Å². The quantitative estimate of drug-likeness (QED) is 0.501. The van der Waals surface area contributed by atoms with Crippen LogP contribution in [0.1, 0.15) is 56.2 Å². The summed E-state index contributed by atoms with van der Waals surface area (Å²) in [7, 11) is -1.80. The summed E-state index contributed by atoms with van der Waals surface area (Å²) < 4.78 is 32.5. The Hall–Kier alpha value is -2.71. The third-order valence-electron chi connectivity index (χ3n) is 6.36. The number of ether oxygens (including phenoxy) is 1. The largest absolute Gasteiger partial charge is 0.456 e. The van der Waals surface area contributed by atoms with Crippen molar-refractivity contribution in [1.82, 2.24) is 9.21 Å². The first-order valence-electron chi connectivity index (χ1n) is 11.8. The highest BCUT2D eigenvalue weighted by molar-refractivity contribution is 7.89. The molecule has 0 bridgehead atoms. The molecule has 1 amide bonds. The molecular formula is C26H34N2O5S. The molecule has 0 aliphatic carbocycles. The summed E-state index contributed by atoms with van der Waals surface area (Å²) in [6.07, 6.45) is 4.44. The number of rotatable bonds is 9. The maximum absolute atomic E-state index is 12.9. The van der Waals surface area contributed by atoms with Crippen LogP contribution in [0.3, 0.4) is 0 Å². The molecule has 0 spiro atoms. The van der Waals surface area contributed by atoms with E-state index in [2.05, 4.69) is 0 Å². The van der Waals surface area contributed by atoms with Crippen LogP contribution < -0.4 is 0 Å². The van der Waals surface area contributed by atoms with Crippen LogP contribution in [-0.4, -0.2) is 56.2 Å². The minimum atomic E-state index is -3.49. The van der Waals surface area contributed by atoms with E-state index in [0.717, 1.165) is 36.8 Å². The van der Waals surface area contributed by atoms with Gasteiger partial charge in [0.05, 0.1) is 10.9 Å². The molecule has 1 atom stereocenters. The first kappa shape index (κ1) is 25.9. The maximum atomic E-state index is 12.9. The Morgan fingerprint density at radius 3 is 2.21 bits per heavy atom. The summed E-state index contributed by atoms with van der Waals surface area (Å²) in [5.74, 6) is -0.733. The lowest BCUT2D eigenvalue weighted by Gasteiger charge is -2.25. The van der Waals surface area contributed by atoms with Gasteiger partial charge in [-0.15, -0.1) is 0 Å². The summed E-state index contributed by atoms with van der Waals surface area (Å²) in [4.78, 5) is 26.4. The van der Waals surface area contributed by atoms with Gasteiger partial charge in [-0.25, -0.2) is 8.42 Å². The number of benzene rings is 2. The van der Waals surface area contributed by atoms with Crippen molar-refractivity contribution in [3.8, 4) is 0 Å². The van der Waals surface area contributed by atoms with Crippen LogP contribution in [0.4, 0.5) is 0 Å². The van der Waals surface area contributed by atoms with E-state index in [9.17, 15) is 18.0 Å². The fourth-order valence-electron chi connectivity index (χ4n) is 3.99. The van der Waals surface area contributed by atoms with Gasteiger partial charge in [-0.1, -0.05) is 55.3 Å². The first-order valence-corrected chi connectivity index (χ1v) is 13.3. The Kier molecular flexibility index (Phi) is 9.24. The SMILES string of the molecule is CC(c1ccccc1)N(C)C(=O)COC(=O)CCc1ccc(S(=O)(=O)N2CCCCCC2)cc1. The van der Waals surface area contributed by atoms with Gasteiger partial charge in [0.25, 0.3) is 5.91 Å². The van der Waals surface area contributed by atoms with Gasteiger partial charge in [0.15, 0.2) is 6.61 Å². The van der Waals surface area contributed by atoms with Crippen molar-refractivity contribution in [2.45, 2.75) is 56.4 Å². The van der Waals surface area contributed by atoms with Gasteiger partial charge < -0.3 is 9.64 Å². The van der Waals surface area contributed by atoms with E-state index >= 15 is 0 Å². The highest BCUT2D eigenvalue weighted by Gasteiger charge is 2.25. The van der Waals surface area contributed by atoms with Crippen LogP contribution in [0.15, 0.2) is 59.5 Å². The summed E-state index contributed by atoms with van der Waals surface area (Å²) in [6.45, 7) is 2.74. The third-order valence-corrected chi connectivity index (χ3v) is 8.27. The summed E-state index contributed by atoms with van der Waals surface area (Å²) in [6, 6.07) is 16.2. The van der Waals surface area contributed by atoms with Crippen molar-refractivity contribution in [2.75, 3.05) is 26.7 Å². The van der Waals surface area contributed by atoms with Crippen molar-refractivity contribution >= 4 is 21.9 Å². The fourth-order valence-corrected chi connectivity index (χ4v) is 5.51.